The molecule has 5 heteroatoms. The molecule has 1 fully saturated rings. The molecular formula is C14H20N2O3. The van der Waals surface area contributed by atoms with E-state index < -0.39 is 0 Å². The monoisotopic (exact) mass is 264 g/mol. The summed E-state index contributed by atoms with van der Waals surface area (Å²) >= 11 is 0. The molecular weight excluding hydrogens is 244 g/mol. The van der Waals surface area contributed by atoms with Crippen LogP contribution in [0.15, 0.2) is 30.3 Å². The van der Waals surface area contributed by atoms with Gasteiger partial charge in [0.25, 0.3) is 0 Å². The number of alkyl carbamates (subject to hydrolysis) is 1. The third-order valence-corrected chi connectivity index (χ3v) is 3.30. The van der Waals surface area contributed by atoms with Crippen LogP contribution in [-0.2, 0) is 16.1 Å². The SMILES string of the molecule is COC1CNC[C@@H]1CNC(=O)OCc1ccccc1. The smallest absolute Gasteiger partial charge is 0.407 e. The summed E-state index contributed by atoms with van der Waals surface area (Å²) in [6.45, 7) is 2.56. The van der Waals surface area contributed by atoms with Crippen molar-refractivity contribution >= 4 is 6.09 Å². The topological polar surface area (TPSA) is 59.6 Å². The average molecular weight is 264 g/mol. The molecule has 0 aliphatic carbocycles. The Morgan fingerprint density at radius 3 is 2.89 bits per heavy atom. The van der Waals surface area contributed by atoms with E-state index >= 15 is 0 Å². The predicted molar refractivity (Wildman–Crippen MR) is 71.8 cm³/mol. The summed E-state index contributed by atoms with van der Waals surface area (Å²) in [7, 11) is 1.69. The highest BCUT2D eigenvalue weighted by Crippen LogP contribution is 2.10. The van der Waals surface area contributed by atoms with E-state index in [-0.39, 0.29) is 12.2 Å². The van der Waals surface area contributed by atoms with Crippen molar-refractivity contribution in [3.8, 4) is 0 Å². The van der Waals surface area contributed by atoms with Crippen LogP contribution in [-0.4, -0.2) is 38.9 Å². The van der Waals surface area contributed by atoms with E-state index in [1.165, 1.54) is 0 Å². The van der Waals surface area contributed by atoms with Gasteiger partial charge in [0.2, 0.25) is 0 Å². The van der Waals surface area contributed by atoms with Crippen LogP contribution in [0.5, 0.6) is 0 Å². The summed E-state index contributed by atoms with van der Waals surface area (Å²) in [5.74, 6) is 0.300. The first-order chi connectivity index (χ1) is 9.29. The Labute approximate surface area is 113 Å². The zero-order valence-corrected chi connectivity index (χ0v) is 11.1. The molecule has 1 aliphatic heterocycles. The normalized spacial score (nSPS) is 22.2. The molecule has 0 saturated carbocycles. The Balaban J connectivity index is 1.67. The lowest BCUT2D eigenvalue weighted by Crippen LogP contribution is -2.35. The van der Waals surface area contributed by atoms with Crippen molar-refractivity contribution in [2.45, 2.75) is 12.7 Å². The molecule has 1 aliphatic rings. The summed E-state index contributed by atoms with van der Waals surface area (Å²) in [6.07, 6.45) is -0.222. The minimum atomic E-state index is -0.384. The number of ether oxygens (including phenoxy) is 2. The predicted octanol–water partition coefficient (Wildman–Crippen LogP) is 1.15. The Morgan fingerprint density at radius 1 is 1.37 bits per heavy atom. The van der Waals surface area contributed by atoms with E-state index in [1.54, 1.807) is 7.11 Å². The second-order valence-electron chi connectivity index (χ2n) is 4.64. The van der Waals surface area contributed by atoms with Crippen molar-refractivity contribution in [1.29, 1.82) is 0 Å². The lowest BCUT2D eigenvalue weighted by molar-refractivity contribution is 0.0805. The first kappa shape index (κ1) is 13.8. The van der Waals surface area contributed by atoms with Gasteiger partial charge in [0.15, 0.2) is 0 Å². The van der Waals surface area contributed by atoms with Gasteiger partial charge in [-0.05, 0) is 5.56 Å². The Hall–Kier alpha value is -1.59. The number of nitrogens with one attached hydrogen (secondary N) is 2. The van der Waals surface area contributed by atoms with Gasteiger partial charge in [0, 0.05) is 32.7 Å². The zero-order valence-electron chi connectivity index (χ0n) is 11.1. The van der Waals surface area contributed by atoms with Gasteiger partial charge >= 0.3 is 6.09 Å². The molecule has 0 spiro atoms. The van der Waals surface area contributed by atoms with Gasteiger partial charge in [-0.2, -0.15) is 0 Å². The molecule has 19 heavy (non-hydrogen) atoms. The number of hydrogen-bond acceptors (Lipinski definition) is 4. The van der Waals surface area contributed by atoms with Crippen LogP contribution < -0.4 is 10.6 Å². The molecule has 2 rings (SSSR count). The Morgan fingerprint density at radius 2 is 2.16 bits per heavy atom. The van der Waals surface area contributed by atoms with Crippen molar-refractivity contribution in [3.63, 3.8) is 0 Å². The van der Waals surface area contributed by atoms with Crippen LogP contribution in [0.1, 0.15) is 5.56 Å². The first-order valence-electron chi connectivity index (χ1n) is 6.47. The van der Waals surface area contributed by atoms with E-state index in [2.05, 4.69) is 10.6 Å². The largest absolute Gasteiger partial charge is 0.445 e. The van der Waals surface area contributed by atoms with Crippen molar-refractivity contribution in [3.05, 3.63) is 35.9 Å². The quantitative estimate of drug-likeness (QED) is 0.837. The molecule has 104 valence electrons. The van der Waals surface area contributed by atoms with Gasteiger partial charge in [-0.3, -0.25) is 0 Å². The van der Waals surface area contributed by atoms with Gasteiger partial charge in [-0.25, -0.2) is 4.79 Å². The van der Waals surface area contributed by atoms with Gasteiger partial charge in [-0.1, -0.05) is 30.3 Å². The molecule has 1 aromatic rings. The van der Waals surface area contributed by atoms with E-state index in [0.717, 1.165) is 18.7 Å². The maximum absolute atomic E-state index is 11.6. The highest BCUT2D eigenvalue weighted by molar-refractivity contribution is 5.67. The summed E-state index contributed by atoms with van der Waals surface area (Å²) in [5.41, 5.74) is 0.981. The third kappa shape index (κ3) is 4.22. The molecule has 1 aromatic carbocycles. The number of benzene rings is 1. The molecule has 1 unspecified atom stereocenters. The highest BCUT2D eigenvalue weighted by Gasteiger charge is 2.27. The van der Waals surface area contributed by atoms with E-state index in [1.807, 2.05) is 30.3 Å². The van der Waals surface area contributed by atoms with Crippen molar-refractivity contribution in [2.24, 2.45) is 5.92 Å². The van der Waals surface area contributed by atoms with Crippen molar-refractivity contribution in [2.75, 3.05) is 26.7 Å². The molecule has 0 bridgehead atoms. The van der Waals surface area contributed by atoms with Crippen LogP contribution in [0.2, 0.25) is 0 Å². The van der Waals surface area contributed by atoms with Gasteiger partial charge in [0.05, 0.1) is 6.10 Å². The maximum Gasteiger partial charge on any atom is 0.407 e. The van der Waals surface area contributed by atoms with Crippen LogP contribution in [0.4, 0.5) is 4.79 Å². The molecule has 1 amide bonds. The van der Waals surface area contributed by atoms with Crippen LogP contribution in [0, 0.1) is 5.92 Å². The maximum atomic E-state index is 11.6. The van der Waals surface area contributed by atoms with Gasteiger partial charge < -0.3 is 20.1 Å². The second-order valence-corrected chi connectivity index (χ2v) is 4.64. The number of rotatable bonds is 5. The fourth-order valence-corrected chi connectivity index (χ4v) is 2.18. The Kier molecular flexibility index (Phi) is 5.18. The van der Waals surface area contributed by atoms with Gasteiger partial charge in [0.1, 0.15) is 6.61 Å². The number of amides is 1. The van der Waals surface area contributed by atoms with Crippen molar-refractivity contribution in [1.82, 2.24) is 10.6 Å². The summed E-state index contributed by atoms with van der Waals surface area (Å²) in [4.78, 5) is 11.6. The van der Waals surface area contributed by atoms with Gasteiger partial charge in [-0.15, -0.1) is 0 Å². The van der Waals surface area contributed by atoms with Crippen LogP contribution in [0.3, 0.4) is 0 Å². The molecule has 1 heterocycles. The fraction of sp³-hybridized carbons (Fsp3) is 0.500. The number of hydrogen-bond donors (Lipinski definition) is 2. The first-order valence-corrected chi connectivity index (χ1v) is 6.47. The highest BCUT2D eigenvalue weighted by atomic mass is 16.5. The standard InChI is InChI=1S/C14H20N2O3/c1-18-13-9-15-7-12(13)8-16-14(17)19-10-11-5-3-2-4-6-11/h2-6,12-13,15H,7-10H2,1H3,(H,16,17)/t12-,13?/m1/s1. The number of carbonyl (C=O) groups is 1. The Bertz CT molecular complexity index is 397. The van der Waals surface area contributed by atoms with Crippen LogP contribution in [0.25, 0.3) is 0 Å². The molecule has 5 nitrogen and oxygen atoms in total. The van der Waals surface area contributed by atoms with E-state index in [4.69, 9.17) is 9.47 Å². The second kappa shape index (κ2) is 7.11. The molecule has 2 N–H and O–H groups in total. The molecule has 1 saturated heterocycles. The van der Waals surface area contributed by atoms with Crippen molar-refractivity contribution < 1.29 is 14.3 Å². The minimum absolute atomic E-state index is 0.162. The molecule has 2 atom stereocenters. The third-order valence-electron chi connectivity index (χ3n) is 3.30. The number of carbonyl (C=O) groups excluding carboxylic acids is 1. The number of methoxy groups -OCH3 is 1. The summed E-state index contributed by atoms with van der Waals surface area (Å²) in [5, 5.41) is 6.02. The molecule has 0 aromatic heterocycles. The molecule has 0 radical (unpaired) electrons. The minimum Gasteiger partial charge on any atom is -0.445 e. The zero-order chi connectivity index (χ0) is 13.5. The lowest BCUT2D eigenvalue weighted by atomic mass is 10.1. The average Bonchev–Trinajstić information content (AvgIpc) is 2.91. The van der Waals surface area contributed by atoms with E-state index in [0.29, 0.717) is 19.1 Å². The van der Waals surface area contributed by atoms with E-state index in [9.17, 15) is 4.79 Å². The summed E-state index contributed by atoms with van der Waals surface area (Å²) in [6, 6.07) is 9.62. The summed E-state index contributed by atoms with van der Waals surface area (Å²) < 4.78 is 10.5. The lowest BCUT2D eigenvalue weighted by Gasteiger charge is -2.17. The van der Waals surface area contributed by atoms with Crippen LogP contribution >= 0.6 is 0 Å². The fourth-order valence-electron chi connectivity index (χ4n) is 2.18.